The number of carboxylic acids is 1. The van der Waals surface area contributed by atoms with Gasteiger partial charge >= 0.3 is 5.97 Å². The Kier molecular flexibility index (Phi) is 6.32. The first-order valence-corrected chi connectivity index (χ1v) is 12.0. The third kappa shape index (κ3) is 4.50. The highest BCUT2D eigenvalue weighted by molar-refractivity contribution is 6.15. The number of aromatic hydroxyl groups is 1. The lowest BCUT2D eigenvalue weighted by Gasteiger charge is -2.36. The second-order valence-corrected chi connectivity index (χ2v) is 10.3. The van der Waals surface area contributed by atoms with Crippen LogP contribution in [0.25, 0.3) is 21.7 Å². The van der Waals surface area contributed by atoms with Crippen LogP contribution >= 0.6 is 0 Å². The van der Waals surface area contributed by atoms with E-state index < -0.39 is 12.0 Å². The van der Waals surface area contributed by atoms with Crippen molar-refractivity contribution in [2.75, 3.05) is 32.9 Å². The lowest BCUT2D eigenvalue weighted by molar-refractivity contribution is 0.0237. The van der Waals surface area contributed by atoms with Crippen molar-refractivity contribution in [2.45, 2.75) is 26.8 Å². The van der Waals surface area contributed by atoms with E-state index in [1.807, 2.05) is 36.4 Å². The van der Waals surface area contributed by atoms with Crippen LogP contribution in [0.15, 0.2) is 53.3 Å². The summed E-state index contributed by atoms with van der Waals surface area (Å²) >= 11 is 0. The SMILES string of the molecule is CC(C)(C)COc1cc(C(c2c(O)c3ccccc3c3occ(C(=O)O)c23)N2CCOCC2)ccn1. The number of hydrogen-bond donors (Lipinski definition) is 2. The van der Waals surface area contributed by atoms with E-state index in [2.05, 4.69) is 30.7 Å². The van der Waals surface area contributed by atoms with Crippen LogP contribution in [0.4, 0.5) is 0 Å². The van der Waals surface area contributed by atoms with Crippen LogP contribution in [0.5, 0.6) is 11.6 Å². The molecule has 1 saturated heterocycles. The molecule has 1 unspecified atom stereocenters. The Balaban J connectivity index is 1.76. The zero-order valence-electron chi connectivity index (χ0n) is 20.7. The molecule has 8 nitrogen and oxygen atoms in total. The van der Waals surface area contributed by atoms with Crippen molar-refractivity contribution in [1.82, 2.24) is 9.88 Å². The van der Waals surface area contributed by atoms with Gasteiger partial charge in [0, 0.05) is 47.1 Å². The Labute approximate surface area is 209 Å². The monoisotopic (exact) mass is 490 g/mol. The van der Waals surface area contributed by atoms with Crippen molar-refractivity contribution in [3.8, 4) is 11.6 Å². The van der Waals surface area contributed by atoms with E-state index in [9.17, 15) is 15.0 Å². The maximum absolute atomic E-state index is 12.2. The molecule has 0 spiro atoms. The van der Waals surface area contributed by atoms with Crippen LogP contribution in [0.2, 0.25) is 0 Å². The quantitative estimate of drug-likeness (QED) is 0.378. The van der Waals surface area contributed by atoms with Crippen LogP contribution < -0.4 is 4.74 Å². The number of carboxylic acid groups (broad SMARTS) is 1. The summed E-state index contributed by atoms with van der Waals surface area (Å²) in [5, 5.41) is 23.3. The van der Waals surface area contributed by atoms with Gasteiger partial charge < -0.3 is 24.1 Å². The van der Waals surface area contributed by atoms with E-state index >= 15 is 0 Å². The summed E-state index contributed by atoms with van der Waals surface area (Å²) in [6.45, 7) is 9.03. The van der Waals surface area contributed by atoms with Gasteiger partial charge in [-0.15, -0.1) is 0 Å². The van der Waals surface area contributed by atoms with Crippen molar-refractivity contribution in [3.63, 3.8) is 0 Å². The van der Waals surface area contributed by atoms with Crippen LogP contribution in [0.3, 0.4) is 0 Å². The molecule has 1 fully saturated rings. The molecule has 2 N–H and O–H groups in total. The highest BCUT2D eigenvalue weighted by Gasteiger charge is 2.33. The molecule has 188 valence electrons. The molecular weight excluding hydrogens is 460 g/mol. The number of hydrogen-bond acceptors (Lipinski definition) is 7. The number of morpholine rings is 1. The lowest BCUT2D eigenvalue weighted by Crippen LogP contribution is -2.39. The number of furan rings is 1. The fourth-order valence-corrected chi connectivity index (χ4v) is 4.76. The second-order valence-electron chi connectivity index (χ2n) is 10.3. The number of aromatic nitrogens is 1. The van der Waals surface area contributed by atoms with E-state index in [0.717, 1.165) is 5.56 Å². The summed E-state index contributed by atoms with van der Waals surface area (Å²) in [7, 11) is 0. The Morgan fingerprint density at radius 1 is 1.17 bits per heavy atom. The molecule has 1 aliphatic heterocycles. The number of rotatable bonds is 6. The Morgan fingerprint density at radius 2 is 1.89 bits per heavy atom. The number of benzene rings is 2. The van der Waals surface area contributed by atoms with Gasteiger partial charge in [-0.2, -0.15) is 0 Å². The van der Waals surface area contributed by atoms with Gasteiger partial charge in [0.1, 0.15) is 23.2 Å². The molecule has 8 heteroatoms. The Bertz CT molecular complexity index is 1420. The van der Waals surface area contributed by atoms with Crippen LogP contribution in [-0.4, -0.2) is 59.0 Å². The molecule has 1 atom stereocenters. The summed E-state index contributed by atoms with van der Waals surface area (Å²) in [5.41, 5.74) is 1.73. The first kappa shape index (κ1) is 24.1. The molecule has 0 saturated carbocycles. The minimum Gasteiger partial charge on any atom is -0.507 e. The molecule has 0 bridgehead atoms. The summed E-state index contributed by atoms with van der Waals surface area (Å²) in [4.78, 5) is 18.8. The molecule has 0 radical (unpaired) electrons. The zero-order valence-corrected chi connectivity index (χ0v) is 20.7. The smallest absolute Gasteiger partial charge is 0.339 e. The molecule has 4 aromatic rings. The summed E-state index contributed by atoms with van der Waals surface area (Å²) < 4.78 is 17.4. The van der Waals surface area contributed by atoms with E-state index in [1.165, 1.54) is 6.26 Å². The van der Waals surface area contributed by atoms with Gasteiger partial charge in [-0.1, -0.05) is 45.0 Å². The molecule has 2 aromatic carbocycles. The number of nitrogens with zero attached hydrogens (tertiary/aromatic N) is 2. The molecular formula is C28H30N2O6. The topological polar surface area (TPSA) is 105 Å². The normalized spacial score (nSPS) is 15.9. The third-order valence-corrected chi connectivity index (χ3v) is 6.38. The molecule has 2 aromatic heterocycles. The fraction of sp³-hybridized carbons (Fsp3) is 0.357. The first-order valence-electron chi connectivity index (χ1n) is 12.0. The standard InChI is InChI=1S/C28H30N2O6/c1-28(2,3)16-36-21-14-17(8-9-29-21)24(30-10-12-34-13-11-30)23-22-20(27(32)33)15-35-26(22)19-7-5-4-6-18(19)25(23)31/h4-9,14-15,24,31H,10-13,16H2,1-3H3,(H,32,33). The van der Waals surface area contributed by atoms with Crippen molar-refractivity contribution < 1.29 is 28.9 Å². The predicted octanol–water partition coefficient (Wildman–Crippen LogP) is 5.23. The molecule has 3 heterocycles. The average Bonchev–Trinajstić information content (AvgIpc) is 3.31. The van der Waals surface area contributed by atoms with Crippen molar-refractivity contribution in [2.24, 2.45) is 5.41 Å². The van der Waals surface area contributed by atoms with Gasteiger partial charge in [0.25, 0.3) is 0 Å². The Hall–Kier alpha value is -3.62. The van der Waals surface area contributed by atoms with Crippen molar-refractivity contribution >= 4 is 27.7 Å². The number of carbonyl (C=O) groups is 1. The molecule has 5 rings (SSSR count). The van der Waals surface area contributed by atoms with Crippen molar-refractivity contribution in [1.29, 1.82) is 0 Å². The lowest BCUT2D eigenvalue weighted by atomic mass is 9.89. The van der Waals surface area contributed by atoms with E-state index in [-0.39, 0.29) is 16.7 Å². The number of phenols is 1. The van der Waals surface area contributed by atoms with Crippen LogP contribution in [0, 0.1) is 5.41 Å². The largest absolute Gasteiger partial charge is 0.507 e. The minimum absolute atomic E-state index is 0.0116. The van der Waals surface area contributed by atoms with Crippen LogP contribution in [-0.2, 0) is 4.74 Å². The summed E-state index contributed by atoms with van der Waals surface area (Å²) in [6, 6.07) is 10.6. The molecule has 36 heavy (non-hydrogen) atoms. The Morgan fingerprint density at radius 3 is 2.58 bits per heavy atom. The maximum Gasteiger partial charge on any atom is 0.339 e. The number of pyridine rings is 1. The number of phenolic OH excluding ortho intramolecular Hbond substituents is 1. The first-order chi connectivity index (χ1) is 17.2. The molecule has 0 amide bonds. The highest BCUT2D eigenvalue weighted by Crippen LogP contribution is 2.46. The van der Waals surface area contributed by atoms with Gasteiger partial charge in [-0.25, -0.2) is 9.78 Å². The predicted molar refractivity (Wildman–Crippen MR) is 136 cm³/mol. The maximum atomic E-state index is 12.2. The second kappa shape index (κ2) is 9.44. The van der Waals surface area contributed by atoms with Gasteiger partial charge in [-0.05, 0) is 17.0 Å². The third-order valence-electron chi connectivity index (χ3n) is 6.38. The molecule has 0 aliphatic carbocycles. The van der Waals surface area contributed by atoms with Crippen molar-refractivity contribution in [3.05, 3.63) is 65.5 Å². The number of aromatic carboxylic acids is 1. The van der Waals surface area contributed by atoms with Gasteiger partial charge in [0.15, 0.2) is 0 Å². The average molecular weight is 491 g/mol. The highest BCUT2D eigenvalue weighted by atomic mass is 16.5. The number of fused-ring (bicyclic) bond motifs is 3. The zero-order chi connectivity index (χ0) is 25.4. The van der Waals surface area contributed by atoms with Gasteiger partial charge in [0.2, 0.25) is 5.88 Å². The van der Waals surface area contributed by atoms with E-state index in [0.29, 0.717) is 66.1 Å². The van der Waals surface area contributed by atoms with Crippen LogP contribution in [0.1, 0.15) is 48.3 Å². The minimum atomic E-state index is -1.12. The molecule has 1 aliphatic rings. The number of ether oxygens (including phenoxy) is 2. The summed E-state index contributed by atoms with van der Waals surface area (Å²) in [5.74, 6) is -0.607. The summed E-state index contributed by atoms with van der Waals surface area (Å²) in [6.07, 6.45) is 2.94. The van der Waals surface area contributed by atoms with Gasteiger partial charge in [-0.3, -0.25) is 4.90 Å². The van der Waals surface area contributed by atoms with Gasteiger partial charge in [0.05, 0.1) is 25.9 Å². The van der Waals surface area contributed by atoms with E-state index in [1.54, 1.807) is 6.20 Å². The fourth-order valence-electron chi connectivity index (χ4n) is 4.76. The van der Waals surface area contributed by atoms with E-state index in [4.69, 9.17) is 13.9 Å².